The summed E-state index contributed by atoms with van der Waals surface area (Å²) in [5, 5.41) is 3.12. The van der Waals surface area contributed by atoms with E-state index in [-0.39, 0.29) is 0 Å². The molecule has 1 aliphatic rings. The average Bonchev–Trinajstić information content (AvgIpc) is 2.42. The summed E-state index contributed by atoms with van der Waals surface area (Å²) in [5.74, 6) is 0.391. The van der Waals surface area contributed by atoms with E-state index in [2.05, 4.69) is 32.6 Å². The maximum absolute atomic E-state index is 12.4. The first-order chi connectivity index (χ1) is 9.51. The van der Waals surface area contributed by atoms with Gasteiger partial charge in [0, 0.05) is 22.3 Å². The van der Waals surface area contributed by atoms with Crippen LogP contribution in [-0.4, -0.2) is 39.4 Å². The van der Waals surface area contributed by atoms with Gasteiger partial charge in [0.05, 0.1) is 0 Å². The standard InChI is InChI=1S/C13H20IN3O2S/c1-15-9-11-3-2-8-17(10-11)20(18,19)16-13-6-4-12(14)5-7-13/h4-7,11,15-16H,2-3,8-10H2,1H3. The van der Waals surface area contributed by atoms with Crippen molar-refractivity contribution in [1.29, 1.82) is 0 Å². The van der Waals surface area contributed by atoms with Crippen molar-refractivity contribution in [3.63, 3.8) is 0 Å². The van der Waals surface area contributed by atoms with Gasteiger partial charge in [-0.1, -0.05) is 0 Å². The maximum Gasteiger partial charge on any atom is 0.301 e. The van der Waals surface area contributed by atoms with Crippen molar-refractivity contribution in [1.82, 2.24) is 9.62 Å². The van der Waals surface area contributed by atoms with Crippen LogP contribution in [0.15, 0.2) is 24.3 Å². The largest absolute Gasteiger partial charge is 0.319 e. The predicted molar refractivity (Wildman–Crippen MR) is 89.9 cm³/mol. The Labute approximate surface area is 134 Å². The van der Waals surface area contributed by atoms with Gasteiger partial charge in [0.2, 0.25) is 0 Å². The zero-order chi connectivity index (χ0) is 14.6. The molecule has 0 amide bonds. The molecule has 1 heterocycles. The summed E-state index contributed by atoms with van der Waals surface area (Å²) >= 11 is 2.19. The maximum atomic E-state index is 12.4. The Balaban J connectivity index is 2.04. The number of hydrogen-bond acceptors (Lipinski definition) is 3. The normalized spacial score (nSPS) is 20.8. The molecule has 0 saturated carbocycles. The summed E-state index contributed by atoms with van der Waals surface area (Å²) in [5.41, 5.74) is 0.612. The molecule has 20 heavy (non-hydrogen) atoms. The van der Waals surface area contributed by atoms with E-state index in [1.54, 1.807) is 16.4 Å². The van der Waals surface area contributed by atoms with Crippen LogP contribution < -0.4 is 10.0 Å². The minimum atomic E-state index is -3.45. The number of anilines is 1. The van der Waals surface area contributed by atoms with Crippen molar-refractivity contribution in [2.24, 2.45) is 5.92 Å². The van der Waals surface area contributed by atoms with E-state index in [1.807, 2.05) is 19.2 Å². The molecular weight excluding hydrogens is 389 g/mol. The average molecular weight is 409 g/mol. The van der Waals surface area contributed by atoms with Crippen molar-refractivity contribution in [3.8, 4) is 0 Å². The van der Waals surface area contributed by atoms with Crippen molar-refractivity contribution < 1.29 is 8.42 Å². The minimum absolute atomic E-state index is 0.391. The first kappa shape index (κ1) is 16.0. The fraction of sp³-hybridized carbons (Fsp3) is 0.538. The van der Waals surface area contributed by atoms with Crippen LogP contribution in [0, 0.1) is 9.49 Å². The third-order valence-corrected chi connectivity index (χ3v) is 5.63. The van der Waals surface area contributed by atoms with Gasteiger partial charge in [-0.3, -0.25) is 4.72 Å². The molecule has 0 spiro atoms. The number of piperidine rings is 1. The molecule has 1 unspecified atom stereocenters. The lowest BCUT2D eigenvalue weighted by molar-refractivity contribution is 0.264. The van der Waals surface area contributed by atoms with Crippen LogP contribution in [0.4, 0.5) is 5.69 Å². The molecular formula is C13H20IN3O2S. The van der Waals surface area contributed by atoms with Crippen molar-refractivity contribution in [2.45, 2.75) is 12.8 Å². The molecule has 5 nitrogen and oxygen atoms in total. The van der Waals surface area contributed by atoms with E-state index < -0.39 is 10.2 Å². The Morgan fingerprint density at radius 1 is 1.35 bits per heavy atom. The molecule has 1 saturated heterocycles. The number of rotatable bonds is 5. The van der Waals surface area contributed by atoms with Gasteiger partial charge in [0.15, 0.2) is 0 Å². The molecule has 1 aliphatic heterocycles. The second kappa shape index (κ2) is 7.06. The molecule has 0 aromatic heterocycles. The van der Waals surface area contributed by atoms with Gasteiger partial charge in [0.1, 0.15) is 0 Å². The zero-order valence-electron chi connectivity index (χ0n) is 11.5. The van der Waals surface area contributed by atoms with Crippen molar-refractivity contribution in [3.05, 3.63) is 27.8 Å². The van der Waals surface area contributed by atoms with Crippen LogP contribution in [0.25, 0.3) is 0 Å². The van der Waals surface area contributed by atoms with E-state index >= 15 is 0 Å². The zero-order valence-corrected chi connectivity index (χ0v) is 14.4. The highest BCUT2D eigenvalue weighted by molar-refractivity contribution is 14.1. The Bertz CT molecular complexity index is 531. The van der Waals surface area contributed by atoms with Crippen LogP contribution in [-0.2, 0) is 10.2 Å². The Kier molecular flexibility index (Phi) is 5.65. The molecule has 0 radical (unpaired) electrons. The SMILES string of the molecule is CNCC1CCCN(S(=O)(=O)Nc2ccc(I)cc2)C1. The first-order valence-corrected chi connectivity index (χ1v) is 9.21. The van der Waals surface area contributed by atoms with Crippen LogP contribution >= 0.6 is 22.6 Å². The summed E-state index contributed by atoms with van der Waals surface area (Å²) in [7, 11) is -1.55. The van der Waals surface area contributed by atoms with E-state index in [0.29, 0.717) is 24.7 Å². The molecule has 2 rings (SSSR count). The number of nitrogens with zero attached hydrogens (tertiary/aromatic N) is 1. The summed E-state index contributed by atoms with van der Waals surface area (Å²) in [6, 6.07) is 7.35. The number of hydrogen-bond donors (Lipinski definition) is 2. The predicted octanol–water partition coefficient (Wildman–Crippen LogP) is 1.88. The molecule has 1 aromatic rings. The molecule has 112 valence electrons. The lowest BCUT2D eigenvalue weighted by Crippen LogP contribution is -2.44. The summed E-state index contributed by atoms with van der Waals surface area (Å²) in [6.07, 6.45) is 2.00. The topological polar surface area (TPSA) is 61.4 Å². The monoisotopic (exact) mass is 409 g/mol. The molecule has 7 heteroatoms. The van der Waals surface area contributed by atoms with Crippen LogP contribution in [0.1, 0.15) is 12.8 Å². The summed E-state index contributed by atoms with van der Waals surface area (Å²) in [6.45, 7) is 2.04. The van der Waals surface area contributed by atoms with Gasteiger partial charge in [-0.15, -0.1) is 0 Å². The van der Waals surface area contributed by atoms with Gasteiger partial charge in [-0.25, -0.2) is 0 Å². The summed E-state index contributed by atoms with van der Waals surface area (Å²) < 4.78 is 30.0. The first-order valence-electron chi connectivity index (χ1n) is 6.69. The smallest absolute Gasteiger partial charge is 0.301 e. The molecule has 0 aliphatic carbocycles. The van der Waals surface area contributed by atoms with E-state index in [1.165, 1.54) is 0 Å². The highest BCUT2D eigenvalue weighted by atomic mass is 127. The lowest BCUT2D eigenvalue weighted by Gasteiger charge is -2.31. The fourth-order valence-corrected chi connectivity index (χ4v) is 4.13. The quantitative estimate of drug-likeness (QED) is 0.731. The fourth-order valence-electron chi connectivity index (χ4n) is 2.43. The number of halogens is 1. The molecule has 1 aromatic carbocycles. The van der Waals surface area contributed by atoms with Gasteiger partial charge in [0.25, 0.3) is 0 Å². The van der Waals surface area contributed by atoms with Gasteiger partial charge < -0.3 is 5.32 Å². The van der Waals surface area contributed by atoms with Gasteiger partial charge in [-0.05, 0) is 79.2 Å². The van der Waals surface area contributed by atoms with Crippen LogP contribution in [0.3, 0.4) is 0 Å². The van der Waals surface area contributed by atoms with E-state index in [4.69, 9.17) is 0 Å². The second-order valence-corrected chi connectivity index (χ2v) is 7.95. The van der Waals surface area contributed by atoms with Crippen molar-refractivity contribution >= 4 is 38.5 Å². The van der Waals surface area contributed by atoms with Crippen LogP contribution in [0.5, 0.6) is 0 Å². The van der Waals surface area contributed by atoms with Gasteiger partial charge in [-0.2, -0.15) is 12.7 Å². The third kappa shape index (κ3) is 4.31. The molecule has 0 bridgehead atoms. The highest BCUT2D eigenvalue weighted by Gasteiger charge is 2.28. The second-order valence-electron chi connectivity index (χ2n) is 5.04. The number of nitrogens with one attached hydrogen (secondary N) is 2. The van der Waals surface area contributed by atoms with Crippen molar-refractivity contribution in [2.75, 3.05) is 31.4 Å². The number of benzene rings is 1. The van der Waals surface area contributed by atoms with E-state index in [9.17, 15) is 8.42 Å². The third-order valence-electron chi connectivity index (χ3n) is 3.41. The Morgan fingerprint density at radius 3 is 2.70 bits per heavy atom. The Hall–Kier alpha value is -0.380. The molecule has 1 atom stereocenters. The lowest BCUT2D eigenvalue weighted by atomic mass is 10.00. The summed E-state index contributed by atoms with van der Waals surface area (Å²) in [4.78, 5) is 0. The highest BCUT2D eigenvalue weighted by Crippen LogP contribution is 2.20. The minimum Gasteiger partial charge on any atom is -0.319 e. The molecule has 1 fully saturated rings. The Morgan fingerprint density at radius 2 is 2.05 bits per heavy atom. The van der Waals surface area contributed by atoms with Gasteiger partial charge >= 0.3 is 10.2 Å². The van der Waals surface area contributed by atoms with Crippen LogP contribution in [0.2, 0.25) is 0 Å². The molecule has 2 N–H and O–H groups in total. The van der Waals surface area contributed by atoms with E-state index in [0.717, 1.165) is 23.0 Å².